The summed E-state index contributed by atoms with van der Waals surface area (Å²) in [5.41, 5.74) is -4.27. The van der Waals surface area contributed by atoms with E-state index in [-0.39, 0.29) is 45.2 Å². The highest BCUT2D eigenvalue weighted by Gasteiger charge is 2.56. The molecule has 0 radical (unpaired) electrons. The fraction of sp³-hybridized carbons (Fsp3) is 0.825. The van der Waals surface area contributed by atoms with Gasteiger partial charge in [-0.25, -0.2) is 9.59 Å². The molecule has 4 aliphatic rings. The van der Waals surface area contributed by atoms with Crippen LogP contribution in [0.2, 0.25) is 0 Å². The number of esters is 1. The lowest BCUT2D eigenvalue weighted by atomic mass is 9.73. The molecule has 0 amide bonds. The van der Waals surface area contributed by atoms with E-state index in [1.807, 2.05) is 60.5 Å². The minimum Gasteiger partial charge on any atom is -0.459 e. The molecule has 442 valence electrons. The molecule has 3 saturated heterocycles. The number of ether oxygens (including phenoxy) is 12. The molecule has 0 spiro atoms. The Kier molecular flexibility index (Phi) is 24.9. The van der Waals surface area contributed by atoms with Crippen molar-refractivity contribution in [1.29, 1.82) is 0 Å². The molecule has 2 N–H and O–H groups in total. The Morgan fingerprint density at radius 2 is 1.44 bits per heavy atom. The zero-order valence-electron chi connectivity index (χ0n) is 48.9. The van der Waals surface area contributed by atoms with Crippen LogP contribution in [-0.4, -0.2) is 176 Å². The average Bonchev–Trinajstić information content (AvgIpc) is 3.37. The van der Waals surface area contributed by atoms with Crippen LogP contribution >= 0.6 is 0 Å². The lowest BCUT2D eigenvalue weighted by molar-refractivity contribution is -0.320. The van der Waals surface area contributed by atoms with Crippen LogP contribution in [0.5, 0.6) is 0 Å². The van der Waals surface area contributed by atoms with Gasteiger partial charge < -0.3 is 76.8 Å². The van der Waals surface area contributed by atoms with Crippen molar-refractivity contribution < 1.29 is 86.3 Å². The van der Waals surface area contributed by atoms with Gasteiger partial charge in [0.1, 0.15) is 30.5 Å². The van der Waals surface area contributed by atoms with E-state index in [9.17, 15) is 19.8 Å². The van der Waals surface area contributed by atoms with E-state index in [1.165, 1.54) is 26.2 Å². The summed E-state index contributed by atoms with van der Waals surface area (Å²) in [4.78, 5) is 49.8. The standard InChI is InChI=1S/C57H96N2O18/c1-19-28-66-52(62)73-46-41(59(16)17)31-36(8)69-51(46)74-48-38(10)45(72-43-33-54(13,65-18)49(40(12)70-43)75-53(63)67-29-20-2)39(11)50(61)71-42(22-4)56(15,64)47(60)37(9)44(35(7)32-55(48,14)68-30-21-3)58-77-57(76-34(5)6)26-24-23-25-27-57/h19-21,34-43,45-49,51,60,64H,1-3,22-33H2,4-18H3/b58-44+/t35-,36+,37-,38-,39+,40-,41-,42+,43-,45-,46+,47+,48+,49-,51-,54+,55+,56+/m0/s1. The van der Waals surface area contributed by atoms with Gasteiger partial charge in [-0.2, -0.15) is 0 Å². The van der Waals surface area contributed by atoms with E-state index in [2.05, 4.69) is 19.7 Å². The molecule has 4 rings (SSSR count). The minimum absolute atomic E-state index is 0.000260. The highest BCUT2D eigenvalue weighted by molar-refractivity contribution is 5.89. The second kappa shape index (κ2) is 29.1. The van der Waals surface area contributed by atoms with Crippen molar-refractivity contribution in [1.82, 2.24) is 4.90 Å². The Hall–Kier alpha value is -3.70. The predicted octanol–water partition coefficient (Wildman–Crippen LogP) is 8.58. The third-order valence-corrected chi connectivity index (χ3v) is 15.8. The minimum atomic E-state index is -2.02. The number of nitrogens with zero attached hydrogens (tertiary/aromatic N) is 2. The number of carbonyl (C=O) groups is 3. The number of hydrogen-bond donors (Lipinski definition) is 2. The first-order chi connectivity index (χ1) is 36.2. The third kappa shape index (κ3) is 16.9. The maximum atomic E-state index is 15.0. The van der Waals surface area contributed by atoms with Crippen LogP contribution in [0.25, 0.3) is 0 Å². The van der Waals surface area contributed by atoms with Crippen LogP contribution in [0.3, 0.4) is 0 Å². The summed E-state index contributed by atoms with van der Waals surface area (Å²) in [7, 11) is 5.22. The van der Waals surface area contributed by atoms with Gasteiger partial charge >= 0.3 is 18.3 Å². The molecule has 0 aromatic rings. The first-order valence-electron chi connectivity index (χ1n) is 27.7. The van der Waals surface area contributed by atoms with Crippen LogP contribution < -0.4 is 0 Å². The number of hydrogen-bond acceptors (Lipinski definition) is 20. The van der Waals surface area contributed by atoms with Gasteiger partial charge in [0.2, 0.25) is 5.79 Å². The van der Waals surface area contributed by atoms with E-state index in [4.69, 9.17) is 66.8 Å². The number of carbonyl (C=O) groups excluding carboxylic acids is 3. The number of aliphatic hydroxyl groups is 2. The summed E-state index contributed by atoms with van der Waals surface area (Å²) in [5, 5.41) is 29.9. The second-order valence-corrected chi connectivity index (χ2v) is 22.8. The van der Waals surface area contributed by atoms with Crippen molar-refractivity contribution in [3.63, 3.8) is 0 Å². The topological polar surface area (TPSA) is 227 Å². The zero-order valence-corrected chi connectivity index (χ0v) is 48.9. The summed E-state index contributed by atoms with van der Waals surface area (Å²) in [6, 6.07) is -0.431. The van der Waals surface area contributed by atoms with Crippen LogP contribution in [0.4, 0.5) is 9.59 Å². The first kappa shape index (κ1) is 65.8. The molecular formula is C57H96N2O18. The molecule has 0 unspecified atom stereocenters. The lowest BCUT2D eigenvalue weighted by Gasteiger charge is -2.50. The van der Waals surface area contributed by atoms with Crippen molar-refractivity contribution in [2.24, 2.45) is 28.8 Å². The van der Waals surface area contributed by atoms with Crippen LogP contribution in [0, 0.1) is 23.7 Å². The normalized spacial score (nSPS) is 38.9. The maximum Gasteiger partial charge on any atom is 0.509 e. The summed E-state index contributed by atoms with van der Waals surface area (Å²) in [5.74, 6) is -5.34. The lowest BCUT2D eigenvalue weighted by Crippen LogP contribution is -2.62. The molecule has 20 nitrogen and oxygen atoms in total. The van der Waals surface area contributed by atoms with Gasteiger partial charge in [-0.05, 0) is 102 Å². The quantitative estimate of drug-likeness (QED) is 0.0382. The first-order valence-corrected chi connectivity index (χ1v) is 27.7. The van der Waals surface area contributed by atoms with Crippen molar-refractivity contribution in [3.05, 3.63) is 38.0 Å². The Morgan fingerprint density at radius 1 is 0.831 bits per heavy atom. The Morgan fingerprint density at radius 3 is 2.00 bits per heavy atom. The number of likely N-dealkylation sites (N-methyl/N-ethyl adjacent to an activating group) is 1. The highest BCUT2D eigenvalue weighted by Crippen LogP contribution is 2.44. The summed E-state index contributed by atoms with van der Waals surface area (Å²) >= 11 is 0. The van der Waals surface area contributed by atoms with E-state index in [0.717, 1.165) is 19.3 Å². The summed E-state index contributed by atoms with van der Waals surface area (Å²) in [6.45, 7) is 32.6. The third-order valence-electron chi connectivity index (χ3n) is 15.8. The molecule has 18 atom stereocenters. The molecule has 0 aromatic heterocycles. The smallest absolute Gasteiger partial charge is 0.459 e. The van der Waals surface area contributed by atoms with E-state index in [0.29, 0.717) is 25.0 Å². The molecular weight excluding hydrogens is 1000 g/mol. The van der Waals surface area contributed by atoms with Gasteiger partial charge in [-0.15, -0.1) is 6.58 Å². The molecule has 77 heavy (non-hydrogen) atoms. The van der Waals surface area contributed by atoms with E-state index in [1.54, 1.807) is 40.7 Å². The van der Waals surface area contributed by atoms with Crippen molar-refractivity contribution in [2.75, 3.05) is 41.0 Å². The highest BCUT2D eigenvalue weighted by atomic mass is 16.8. The maximum absolute atomic E-state index is 15.0. The van der Waals surface area contributed by atoms with Gasteiger partial charge in [0.25, 0.3) is 0 Å². The summed E-state index contributed by atoms with van der Waals surface area (Å²) in [6.07, 6.45) is -3.76. The van der Waals surface area contributed by atoms with Crippen molar-refractivity contribution in [2.45, 2.75) is 237 Å². The van der Waals surface area contributed by atoms with Gasteiger partial charge in [-0.1, -0.05) is 70.7 Å². The van der Waals surface area contributed by atoms with Gasteiger partial charge in [0.15, 0.2) is 24.8 Å². The van der Waals surface area contributed by atoms with E-state index >= 15 is 4.79 Å². The van der Waals surface area contributed by atoms with Gasteiger partial charge in [-0.3, -0.25) is 4.79 Å². The van der Waals surface area contributed by atoms with Gasteiger partial charge in [0.05, 0.1) is 66.5 Å². The average molecular weight is 1100 g/mol. The number of oxime groups is 1. The molecule has 0 aromatic carbocycles. The van der Waals surface area contributed by atoms with Crippen LogP contribution in [-0.2, 0) is 66.5 Å². The fourth-order valence-corrected chi connectivity index (χ4v) is 11.7. The molecule has 1 saturated carbocycles. The molecule has 20 heteroatoms. The Balaban J connectivity index is 2.02. The molecule has 4 fully saturated rings. The number of aliphatic hydroxyl groups excluding tert-OH is 1. The van der Waals surface area contributed by atoms with Crippen LogP contribution in [0.15, 0.2) is 43.1 Å². The van der Waals surface area contributed by atoms with Crippen molar-refractivity contribution >= 4 is 24.0 Å². The summed E-state index contributed by atoms with van der Waals surface area (Å²) < 4.78 is 75.8. The number of cyclic esters (lactones) is 1. The SMILES string of the molecule is C=CCOC(=O)O[C@H]1[C@H](O[C@@H]2[C@@H](C)[C@H](O[C@H]3C[C@@](C)(OC)[C@@H](OC(=O)OCC=C)[C@H](C)O3)[C@@H](C)C(=O)O[C@H](CC)[C@@](C)(O)[C@H](O)[C@@H](C)/C(=N/OC3(OC(C)C)CCCCC3)[C@@H](C)C[C@@]2(C)OCC=C)O[C@H](C)C[C@@H]1N(C)C. The van der Waals surface area contributed by atoms with Crippen molar-refractivity contribution in [3.8, 4) is 0 Å². The van der Waals surface area contributed by atoms with Gasteiger partial charge in [0, 0.05) is 44.1 Å². The predicted molar refractivity (Wildman–Crippen MR) is 287 cm³/mol. The van der Waals surface area contributed by atoms with E-state index < -0.39 is 132 Å². The molecule has 3 aliphatic heterocycles. The number of methoxy groups -OCH3 is 1. The number of rotatable bonds is 20. The molecule has 3 heterocycles. The largest absolute Gasteiger partial charge is 0.509 e. The molecule has 0 bridgehead atoms. The monoisotopic (exact) mass is 1100 g/mol. The fourth-order valence-electron chi connectivity index (χ4n) is 11.7. The second-order valence-electron chi connectivity index (χ2n) is 22.8. The molecule has 1 aliphatic carbocycles. The Bertz CT molecular complexity index is 1940. The Labute approximate surface area is 458 Å². The zero-order chi connectivity index (χ0) is 57.6. The van der Waals surface area contributed by atoms with Crippen LogP contribution in [0.1, 0.15) is 141 Å².